The number of benzene rings is 2. The van der Waals surface area contributed by atoms with E-state index in [1.807, 2.05) is 6.07 Å². The van der Waals surface area contributed by atoms with Crippen LogP contribution in [0.3, 0.4) is 0 Å². The Hall–Kier alpha value is -2.50. The molecule has 0 radical (unpaired) electrons. The van der Waals surface area contributed by atoms with Crippen LogP contribution in [0.15, 0.2) is 61.2 Å². The van der Waals surface area contributed by atoms with Crippen molar-refractivity contribution >= 4 is 0 Å². The maximum absolute atomic E-state index is 14.3. The molecule has 2 aromatic carbocycles. The molecule has 1 unspecified atom stereocenters. The molecule has 0 amide bonds. The molecule has 4 nitrogen and oxygen atoms in total. The zero-order valence-corrected chi connectivity index (χ0v) is 15.5. The summed E-state index contributed by atoms with van der Waals surface area (Å²) < 4.78 is 16.0. The third-order valence-electron chi connectivity index (χ3n) is 4.55. The Labute approximate surface area is 154 Å². The summed E-state index contributed by atoms with van der Waals surface area (Å²) >= 11 is 0. The van der Waals surface area contributed by atoms with E-state index in [1.54, 1.807) is 35.4 Å². The third-order valence-corrected chi connectivity index (χ3v) is 4.55. The van der Waals surface area contributed by atoms with Gasteiger partial charge in [0.25, 0.3) is 0 Å². The fourth-order valence-corrected chi connectivity index (χ4v) is 3.01. The zero-order chi connectivity index (χ0) is 18.5. The molecule has 1 N–H and O–H groups in total. The molecule has 0 aliphatic rings. The molecule has 0 fully saturated rings. The molecule has 3 rings (SSSR count). The monoisotopic (exact) mass is 352 g/mol. The van der Waals surface area contributed by atoms with E-state index in [0.29, 0.717) is 12.2 Å². The van der Waals surface area contributed by atoms with Crippen molar-refractivity contribution in [3.63, 3.8) is 0 Å². The number of nitrogens with one attached hydrogen (secondary N) is 1. The first kappa shape index (κ1) is 18.3. The van der Waals surface area contributed by atoms with Crippen LogP contribution >= 0.6 is 0 Å². The zero-order valence-electron chi connectivity index (χ0n) is 15.5. The lowest BCUT2D eigenvalue weighted by Gasteiger charge is -2.25. The average Bonchev–Trinajstić information content (AvgIpc) is 3.14. The van der Waals surface area contributed by atoms with Crippen molar-refractivity contribution in [1.82, 2.24) is 19.8 Å². The molecule has 1 aromatic heterocycles. The molecule has 0 aliphatic heterocycles. The number of likely N-dealkylation sites (N-methyl/N-ethyl adjacent to an activating group) is 1. The lowest BCUT2D eigenvalue weighted by atomic mass is 10.0. The summed E-state index contributed by atoms with van der Waals surface area (Å²) in [6, 6.07) is 14.2. The first-order chi connectivity index (χ1) is 12.5. The summed E-state index contributed by atoms with van der Waals surface area (Å²) in [5.41, 5.74) is 3.97. The van der Waals surface area contributed by atoms with E-state index < -0.39 is 0 Å². The van der Waals surface area contributed by atoms with Crippen LogP contribution in [-0.4, -0.2) is 35.1 Å². The Kier molecular flexibility index (Phi) is 5.81. The minimum atomic E-state index is -0.245. The van der Waals surface area contributed by atoms with Gasteiger partial charge in [-0.05, 0) is 44.3 Å². The largest absolute Gasteiger partial charge is 0.311 e. The summed E-state index contributed by atoms with van der Waals surface area (Å²) in [6.07, 6.45) is 4.97. The van der Waals surface area contributed by atoms with Gasteiger partial charge in [0, 0.05) is 31.5 Å². The quantitative estimate of drug-likeness (QED) is 0.704. The summed E-state index contributed by atoms with van der Waals surface area (Å²) in [6.45, 7) is 3.51. The van der Waals surface area contributed by atoms with Gasteiger partial charge < -0.3 is 14.8 Å². The lowest BCUT2D eigenvalue weighted by molar-refractivity contribution is 0.288. The highest BCUT2D eigenvalue weighted by Gasteiger charge is 2.13. The highest BCUT2D eigenvalue weighted by atomic mass is 19.1. The SMILES string of the molecule is Cc1ccc(C(CNCc2ccc(-n3ccnc3)c(F)c2)N(C)C)cc1. The van der Waals surface area contributed by atoms with Crippen LogP contribution in [-0.2, 0) is 6.54 Å². The van der Waals surface area contributed by atoms with Gasteiger partial charge in [-0.2, -0.15) is 0 Å². The average molecular weight is 352 g/mol. The van der Waals surface area contributed by atoms with Gasteiger partial charge in [0.05, 0.1) is 12.0 Å². The number of hydrogen-bond acceptors (Lipinski definition) is 3. The van der Waals surface area contributed by atoms with E-state index in [0.717, 1.165) is 12.1 Å². The minimum absolute atomic E-state index is 0.245. The van der Waals surface area contributed by atoms with E-state index >= 15 is 0 Å². The first-order valence-corrected chi connectivity index (χ1v) is 8.75. The van der Waals surface area contributed by atoms with E-state index in [-0.39, 0.29) is 11.9 Å². The summed E-state index contributed by atoms with van der Waals surface area (Å²) in [4.78, 5) is 6.16. The topological polar surface area (TPSA) is 33.1 Å². The van der Waals surface area contributed by atoms with Crippen molar-refractivity contribution in [2.24, 2.45) is 0 Å². The van der Waals surface area contributed by atoms with Gasteiger partial charge in [0.1, 0.15) is 5.82 Å². The van der Waals surface area contributed by atoms with Crippen molar-refractivity contribution in [3.8, 4) is 5.69 Å². The summed E-state index contributed by atoms with van der Waals surface area (Å²) in [5, 5.41) is 3.45. The molecular weight excluding hydrogens is 327 g/mol. The number of nitrogens with zero attached hydrogens (tertiary/aromatic N) is 3. The fourth-order valence-electron chi connectivity index (χ4n) is 3.01. The second kappa shape index (κ2) is 8.25. The fraction of sp³-hybridized carbons (Fsp3) is 0.286. The van der Waals surface area contributed by atoms with Crippen molar-refractivity contribution < 1.29 is 4.39 Å². The van der Waals surface area contributed by atoms with Crippen LogP contribution in [0.25, 0.3) is 5.69 Å². The van der Waals surface area contributed by atoms with Gasteiger partial charge in [-0.3, -0.25) is 0 Å². The smallest absolute Gasteiger partial charge is 0.147 e. The molecule has 0 aliphatic carbocycles. The number of imidazole rings is 1. The van der Waals surface area contributed by atoms with Crippen LogP contribution in [0, 0.1) is 12.7 Å². The molecule has 1 heterocycles. The Morgan fingerprint density at radius 2 is 1.92 bits per heavy atom. The van der Waals surface area contributed by atoms with Crippen LogP contribution in [0.5, 0.6) is 0 Å². The first-order valence-electron chi connectivity index (χ1n) is 8.75. The van der Waals surface area contributed by atoms with Crippen LogP contribution in [0.4, 0.5) is 4.39 Å². The maximum atomic E-state index is 14.3. The predicted octanol–water partition coefficient (Wildman–Crippen LogP) is 3.71. The summed E-state index contributed by atoms with van der Waals surface area (Å²) in [7, 11) is 4.15. The van der Waals surface area contributed by atoms with Crippen molar-refractivity contribution in [3.05, 3.63) is 83.7 Å². The van der Waals surface area contributed by atoms with E-state index in [4.69, 9.17) is 0 Å². The van der Waals surface area contributed by atoms with Gasteiger partial charge in [-0.25, -0.2) is 9.37 Å². The van der Waals surface area contributed by atoms with Crippen molar-refractivity contribution in [2.75, 3.05) is 20.6 Å². The molecular formula is C21H25FN4. The second-order valence-electron chi connectivity index (χ2n) is 6.78. The molecule has 0 saturated carbocycles. The molecule has 0 bridgehead atoms. The van der Waals surface area contributed by atoms with Crippen molar-refractivity contribution in [1.29, 1.82) is 0 Å². The normalized spacial score (nSPS) is 12.5. The van der Waals surface area contributed by atoms with Gasteiger partial charge in [-0.15, -0.1) is 0 Å². The number of halogens is 1. The highest BCUT2D eigenvalue weighted by molar-refractivity contribution is 5.36. The van der Waals surface area contributed by atoms with Crippen molar-refractivity contribution in [2.45, 2.75) is 19.5 Å². The predicted molar refractivity (Wildman–Crippen MR) is 103 cm³/mol. The Bertz CT molecular complexity index is 826. The van der Waals surface area contributed by atoms with Crippen LogP contribution in [0.1, 0.15) is 22.7 Å². The highest BCUT2D eigenvalue weighted by Crippen LogP contribution is 2.19. The molecule has 5 heteroatoms. The van der Waals surface area contributed by atoms with Gasteiger partial charge in [0.15, 0.2) is 0 Å². The van der Waals surface area contributed by atoms with Crippen LogP contribution in [0.2, 0.25) is 0 Å². The standard InChI is InChI=1S/C21H25FN4/c1-16-4-7-18(8-5-16)21(25(2)3)14-24-13-17-6-9-20(19(22)12-17)26-11-10-23-15-26/h4-12,15,21,24H,13-14H2,1-3H3. The molecule has 0 spiro atoms. The molecule has 26 heavy (non-hydrogen) atoms. The number of aromatic nitrogens is 2. The molecule has 136 valence electrons. The lowest BCUT2D eigenvalue weighted by Crippen LogP contribution is -2.30. The van der Waals surface area contributed by atoms with Gasteiger partial charge in [-0.1, -0.05) is 35.9 Å². The Balaban J connectivity index is 1.63. The number of rotatable bonds is 7. The molecule has 0 saturated heterocycles. The summed E-state index contributed by atoms with van der Waals surface area (Å²) in [5.74, 6) is -0.245. The Morgan fingerprint density at radius 3 is 2.54 bits per heavy atom. The molecule has 1 atom stereocenters. The van der Waals surface area contributed by atoms with E-state index in [1.165, 1.54) is 11.1 Å². The van der Waals surface area contributed by atoms with Gasteiger partial charge >= 0.3 is 0 Å². The molecule has 3 aromatic rings. The van der Waals surface area contributed by atoms with Crippen LogP contribution < -0.4 is 5.32 Å². The maximum Gasteiger partial charge on any atom is 0.147 e. The van der Waals surface area contributed by atoms with E-state index in [2.05, 4.69) is 60.5 Å². The number of hydrogen-bond donors (Lipinski definition) is 1. The third kappa shape index (κ3) is 4.36. The minimum Gasteiger partial charge on any atom is -0.311 e. The second-order valence-corrected chi connectivity index (χ2v) is 6.78. The Morgan fingerprint density at radius 1 is 1.15 bits per heavy atom. The van der Waals surface area contributed by atoms with E-state index in [9.17, 15) is 4.39 Å². The number of aryl methyl sites for hydroxylation is 1. The van der Waals surface area contributed by atoms with Gasteiger partial charge in [0.2, 0.25) is 0 Å².